The Balaban J connectivity index is 0. The standard InChI is InChI=1S/C4H10O2.C3H8/c1-4(2-5)3-6;1-3-2/h4-6H,2-3H2,1H3;3H2,1-2H3. The molecule has 0 aliphatic carbocycles. The molecule has 0 rings (SSSR count). The lowest BCUT2D eigenvalue weighted by molar-refractivity contribution is 0.162. The molecule has 0 fully saturated rings. The van der Waals surface area contributed by atoms with Crippen LogP contribution in [-0.4, -0.2) is 23.4 Å². The van der Waals surface area contributed by atoms with E-state index in [9.17, 15) is 0 Å². The first-order valence-electron chi connectivity index (χ1n) is 3.44. The zero-order chi connectivity index (χ0) is 7.70. The Hall–Kier alpha value is -0.0800. The average molecular weight is 134 g/mol. The molecule has 0 aliphatic heterocycles. The lowest BCUT2D eigenvalue weighted by Gasteiger charge is -1.97. The van der Waals surface area contributed by atoms with E-state index in [1.54, 1.807) is 6.92 Å². The van der Waals surface area contributed by atoms with Gasteiger partial charge in [-0.1, -0.05) is 27.2 Å². The van der Waals surface area contributed by atoms with Crippen molar-refractivity contribution in [3.8, 4) is 0 Å². The molecule has 0 aromatic rings. The molecule has 0 spiro atoms. The number of rotatable bonds is 2. The van der Waals surface area contributed by atoms with Crippen molar-refractivity contribution in [2.24, 2.45) is 5.92 Å². The van der Waals surface area contributed by atoms with Crippen LogP contribution in [0.2, 0.25) is 0 Å². The van der Waals surface area contributed by atoms with Crippen LogP contribution in [-0.2, 0) is 0 Å². The number of aliphatic hydroxyl groups is 2. The SMILES string of the molecule is CC(CO)CO.CCC. The highest BCUT2D eigenvalue weighted by Crippen LogP contribution is 1.85. The van der Waals surface area contributed by atoms with Crippen LogP contribution >= 0.6 is 0 Å². The molecule has 2 heteroatoms. The van der Waals surface area contributed by atoms with Crippen molar-refractivity contribution in [3.63, 3.8) is 0 Å². The molecule has 0 bridgehead atoms. The van der Waals surface area contributed by atoms with Gasteiger partial charge in [0.05, 0.1) is 0 Å². The largest absolute Gasteiger partial charge is 0.396 e. The molecule has 0 aliphatic rings. The summed E-state index contributed by atoms with van der Waals surface area (Å²) in [6.07, 6.45) is 1.25. The van der Waals surface area contributed by atoms with Crippen LogP contribution < -0.4 is 0 Å². The molecule has 2 N–H and O–H groups in total. The molecule has 2 nitrogen and oxygen atoms in total. The summed E-state index contributed by atoms with van der Waals surface area (Å²) in [4.78, 5) is 0. The van der Waals surface area contributed by atoms with Crippen molar-refractivity contribution in [2.75, 3.05) is 13.2 Å². The Labute approximate surface area is 57.5 Å². The molecular formula is C7H18O2. The molecule has 0 amide bonds. The van der Waals surface area contributed by atoms with Gasteiger partial charge in [-0.05, 0) is 0 Å². The lowest BCUT2D eigenvalue weighted by atomic mass is 10.2. The van der Waals surface area contributed by atoms with E-state index in [-0.39, 0.29) is 19.1 Å². The normalized spacial score (nSPS) is 8.67. The second-order valence-corrected chi connectivity index (χ2v) is 2.18. The van der Waals surface area contributed by atoms with Crippen molar-refractivity contribution in [1.29, 1.82) is 0 Å². The van der Waals surface area contributed by atoms with E-state index >= 15 is 0 Å². The molecule has 0 saturated heterocycles. The summed E-state index contributed by atoms with van der Waals surface area (Å²) in [5.74, 6) is 0.0463. The zero-order valence-electron chi connectivity index (χ0n) is 6.59. The van der Waals surface area contributed by atoms with Crippen molar-refractivity contribution in [1.82, 2.24) is 0 Å². The van der Waals surface area contributed by atoms with Crippen LogP contribution in [0, 0.1) is 5.92 Å². The van der Waals surface area contributed by atoms with Gasteiger partial charge in [-0.2, -0.15) is 0 Å². The number of hydrogen-bond acceptors (Lipinski definition) is 2. The van der Waals surface area contributed by atoms with E-state index in [1.807, 2.05) is 0 Å². The maximum absolute atomic E-state index is 8.17. The monoisotopic (exact) mass is 134 g/mol. The van der Waals surface area contributed by atoms with E-state index in [0.29, 0.717) is 0 Å². The van der Waals surface area contributed by atoms with Gasteiger partial charge < -0.3 is 10.2 Å². The van der Waals surface area contributed by atoms with Crippen LogP contribution in [0.15, 0.2) is 0 Å². The quantitative estimate of drug-likeness (QED) is 0.592. The fraction of sp³-hybridized carbons (Fsp3) is 1.00. The van der Waals surface area contributed by atoms with Crippen molar-refractivity contribution in [3.05, 3.63) is 0 Å². The summed E-state index contributed by atoms with van der Waals surface area (Å²) < 4.78 is 0. The van der Waals surface area contributed by atoms with Crippen LogP contribution in [0.25, 0.3) is 0 Å². The minimum absolute atomic E-state index is 0.0463. The maximum Gasteiger partial charge on any atom is 0.0478 e. The fourth-order valence-corrected chi connectivity index (χ4v) is 0.0577. The van der Waals surface area contributed by atoms with E-state index in [2.05, 4.69) is 13.8 Å². The molecule has 9 heavy (non-hydrogen) atoms. The van der Waals surface area contributed by atoms with E-state index in [4.69, 9.17) is 10.2 Å². The Morgan fingerprint density at radius 3 is 1.33 bits per heavy atom. The molecule has 0 saturated carbocycles. The summed E-state index contributed by atoms with van der Waals surface area (Å²) in [7, 11) is 0. The average Bonchev–Trinajstić information content (AvgIpc) is 1.88. The molecule has 0 aromatic carbocycles. The van der Waals surface area contributed by atoms with Gasteiger partial charge in [0, 0.05) is 19.1 Å². The Morgan fingerprint density at radius 2 is 1.33 bits per heavy atom. The molecule has 58 valence electrons. The third-order valence-corrected chi connectivity index (χ3v) is 0.623. The minimum Gasteiger partial charge on any atom is -0.396 e. The highest BCUT2D eigenvalue weighted by atomic mass is 16.3. The molecule has 0 atom stereocenters. The predicted octanol–water partition coefficient (Wildman–Crippen LogP) is 1.02. The van der Waals surface area contributed by atoms with Gasteiger partial charge in [-0.15, -0.1) is 0 Å². The molecular weight excluding hydrogens is 116 g/mol. The second-order valence-electron chi connectivity index (χ2n) is 2.18. The van der Waals surface area contributed by atoms with Gasteiger partial charge in [-0.3, -0.25) is 0 Å². The third kappa shape index (κ3) is 18.1. The topological polar surface area (TPSA) is 40.5 Å². The molecule has 0 heterocycles. The Kier molecular flexibility index (Phi) is 14.0. The summed E-state index contributed by atoms with van der Waals surface area (Å²) >= 11 is 0. The first kappa shape index (κ1) is 11.7. The summed E-state index contributed by atoms with van der Waals surface area (Å²) in [5.41, 5.74) is 0. The highest BCUT2D eigenvalue weighted by molar-refractivity contribution is 4.41. The second kappa shape index (κ2) is 10.8. The minimum atomic E-state index is 0.0463. The molecule has 0 radical (unpaired) electrons. The Bertz CT molecular complexity index is 33.9. The summed E-state index contributed by atoms with van der Waals surface area (Å²) in [6.45, 7) is 6.19. The summed E-state index contributed by atoms with van der Waals surface area (Å²) in [5, 5.41) is 16.3. The highest BCUT2D eigenvalue weighted by Gasteiger charge is 1.91. The first-order chi connectivity index (χ1) is 4.22. The third-order valence-electron chi connectivity index (χ3n) is 0.623. The van der Waals surface area contributed by atoms with Gasteiger partial charge in [0.2, 0.25) is 0 Å². The maximum atomic E-state index is 8.17. The lowest BCUT2D eigenvalue weighted by Crippen LogP contribution is -2.04. The smallest absolute Gasteiger partial charge is 0.0478 e. The van der Waals surface area contributed by atoms with Crippen LogP contribution in [0.3, 0.4) is 0 Å². The van der Waals surface area contributed by atoms with Gasteiger partial charge in [0.15, 0.2) is 0 Å². The van der Waals surface area contributed by atoms with Gasteiger partial charge in [0.25, 0.3) is 0 Å². The first-order valence-corrected chi connectivity index (χ1v) is 3.44. The van der Waals surface area contributed by atoms with Crippen LogP contribution in [0.5, 0.6) is 0 Å². The van der Waals surface area contributed by atoms with Crippen LogP contribution in [0.4, 0.5) is 0 Å². The van der Waals surface area contributed by atoms with Crippen LogP contribution in [0.1, 0.15) is 27.2 Å². The predicted molar refractivity (Wildman–Crippen MR) is 39.3 cm³/mol. The number of aliphatic hydroxyl groups excluding tert-OH is 2. The van der Waals surface area contributed by atoms with Crippen molar-refractivity contribution in [2.45, 2.75) is 27.2 Å². The van der Waals surface area contributed by atoms with E-state index in [1.165, 1.54) is 6.42 Å². The number of hydrogen-bond donors (Lipinski definition) is 2. The fourth-order valence-electron chi connectivity index (χ4n) is 0.0577. The van der Waals surface area contributed by atoms with Gasteiger partial charge >= 0.3 is 0 Å². The summed E-state index contributed by atoms with van der Waals surface area (Å²) in [6, 6.07) is 0. The molecule has 0 unspecified atom stereocenters. The van der Waals surface area contributed by atoms with Crippen molar-refractivity contribution < 1.29 is 10.2 Å². The Morgan fingerprint density at radius 1 is 1.11 bits per heavy atom. The van der Waals surface area contributed by atoms with Gasteiger partial charge in [-0.25, -0.2) is 0 Å². The van der Waals surface area contributed by atoms with E-state index in [0.717, 1.165) is 0 Å². The van der Waals surface area contributed by atoms with E-state index < -0.39 is 0 Å². The van der Waals surface area contributed by atoms with Crippen molar-refractivity contribution >= 4 is 0 Å². The molecule has 0 aromatic heterocycles. The van der Waals surface area contributed by atoms with Gasteiger partial charge in [0.1, 0.15) is 0 Å². The zero-order valence-corrected chi connectivity index (χ0v) is 6.59.